The molecule has 4 rings (SSSR count). The number of fused-ring (bicyclic) bond motifs is 2. The lowest BCUT2D eigenvalue weighted by molar-refractivity contribution is 0.0956. The van der Waals surface area contributed by atoms with Gasteiger partial charge in [-0.3, -0.25) is 24.1 Å². The van der Waals surface area contributed by atoms with E-state index in [-0.39, 0.29) is 16.9 Å². The highest BCUT2D eigenvalue weighted by Gasteiger charge is 2.22. The van der Waals surface area contributed by atoms with Crippen LogP contribution in [0, 0.1) is 0 Å². The van der Waals surface area contributed by atoms with Gasteiger partial charge in [-0.05, 0) is 12.1 Å². The molecule has 0 aliphatic carbocycles. The zero-order valence-electron chi connectivity index (χ0n) is 16.7. The Bertz CT molecular complexity index is 1450. The van der Waals surface area contributed by atoms with Gasteiger partial charge in [0.05, 0.1) is 10.8 Å². The normalized spacial score (nSPS) is 11.2. The number of H-pyrrole nitrogens is 2. The van der Waals surface area contributed by atoms with Crippen molar-refractivity contribution in [1.82, 2.24) is 29.4 Å². The van der Waals surface area contributed by atoms with Crippen molar-refractivity contribution in [2.75, 3.05) is 19.0 Å². The fourth-order valence-corrected chi connectivity index (χ4v) is 3.39. The number of aromatic amines is 2. The van der Waals surface area contributed by atoms with E-state index in [9.17, 15) is 19.2 Å². The number of pyridine rings is 1. The number of hydrogen-bond donors (Lipinski definition) is 3. The van der Waals surface area contributed by atoms with Crippen LogP contribution >= 0.6 is 0 Å². The number of aryl methyl sites for hydroxylation is 2. The van der Waals surface area contributed by atoms with E-state index in [4.69, 9.17) is 0 Å². The Labute approximate surface area is 168 Å². The van der Waals surface area contributed by atoms with Crippen LogP contribution in [-0.4, -0.2) is 50.0 Å². The maximum Gasteiger partial charge on any atom is 0.295 e. The molecule has 30 heavy (non-hydrogen) atoms. The van der Waals surface area contributed by atoms with Crippen LogP contribution in [0.4, 0.5) is 5.82 Å². The summed E-state index contributed by atoms with van der Waals surface area (Å²) in [5.74, 6) is -0.731. The van der Waals surface area contributed by atoms with E-state index < -0.39 is 17.4 Å². The van der Waals surface area contributed by atoms with Crippen molar-refractivity contribution < 1.29 is 9.59 Å². The SMILES string of the molecule is CNC(=O)c1cc(=O)c2cc(N(C)C(=O)c3nc4c(ccn4C)c(=O)[nH]3)n(C)c2[nH]1. The third-order valence-corrected chi connectivity index (χ3v) is 5.06. The molecule has 0 fully saturated rings. The molecule has 3 N–H and O–H groups in total. The Morgan fingerprint density at radius 2 is 1.87 bits per heavy atom. The van der Waals surface area contributed by atoms with Crippen molar-refractivity contribution in [2.45, 2.75) is 0 Å². The zero-order chi connectivity index (χ0) is 21.7. The summed E-state index contributed by atoms with van der Waals surface area (Å²) >= 11 is 0. The van der Waals surface area contributed by atoms with Crippen molar-refractivity contribution in [3.63, 3.8) is 0 Å². The van der Waals surface area contributed by atoms with Crippen molar-refractivity contribution in [1.29, 1.82) is 0 Å². The Balaban J connectivity index is 1.81. The summed E-state index contributed by atoms with van der Waals surface area (Å²) in [5.41, 5.74) is 0.103. The predicted molar refractivity (Wildman–Crippen MR) is 111 cm³/mol. The quantitative estimate of drug-likeness (QED) is 0.440. The van der Waals surface area contributed by atoms with Gasteiger partial charge in [-0.15, -0.1) is 0 Å². The van der Waals surface area contributed by atoms with E-state index in [0.29, 0.717) is 27.9 Å². The number of carbonyl (C=O) groups is 2. The van der Waals surface area contributed by atoms with Gasteiger partial charge in [0.1, 0.15) is 22.8 Å². The first-order chi connectivity index (χ1) is 14.2. The lowest BCUT2D eigenvalue weighted by Crippen LogP contribution is -2.31. The summed E-state index contributed by atoms with van der Waals surface area (Å²) in [6.07, 6.45) is 1.68. The van der Waals surface area contributed by atoms with Gasteiger partial charge in [-0.25, -0.2) is 4.98 Å². The zero-order valence-corrected chi connectivity index (χ0v) is 16.7. The highest BCUT2D eigenvalue weighted by molar-refractivity contribution is 6.05. The molecule has 0 aromatic carbocycles. The summed E-state index contributed by atoms with van der Waals surface area (Å²) in [7, 11) is 6.36. The van der Waals surface area contributed by atoms with Gasteiger partial charge in [0.25, 0.3) is 17.4 Å². The third kappa shape index (κ3) is 2.79. The summed E-state index contributed by atoms with van der Waals surface area (Å²) in [6, 6.07) is 4.37. The lowest BCUT2D eigenvalue weighted by Gasteiger charge is -2.17. The maximum absolute atomic E-state index is 13.0. The average Bonchev–Trinajstić information content (AvgIpc) is 3.27. The van der Waals surface area contributed by atoms with Crippen LogP contribution in [0.1, 0.15) is 21.1 Å². The van der Waals surface area contributed by atoms with Crippen LogP contribution in [0.3, 0.4) is 0 Å². The minimum atomic E-state index is -0.555. The molecule has 0 unspecified atom stereocenters. The molecule has 4 aromatic rings. The Morgan fingerprint density at radius 1 is 1.13 bits per heavy atom. The highest BCUT2D eigenvalue weighted by atomic mass is 16.2. The van der Waals surface area contributed by atoms with Gasteiger partial charge in [0.15, 0.2) is 5.43 Å². The van der Waals surface area contributed by atoms with E-state index in [1.54, 1.807) is 41.6 Å². The van der Waals surface area contributed by atoms with Crippen molar-refractivity contribution in [3.8, 4) is 0 Å². The molecule has 4 aromatic heterocycles. The van der Waals surface area contributed by atoms with Crippen LogP contribution in [0.15, 0.2) is 34.0 Å². The molecular weight excluding hydrogens is 390 g/mol. The molecular formula is C19H19N7O4. The van der Waals surface area contributed by atoms with E-state index in [2.05, 4.69) is 20.3 Å². The fourth-order valence-electron chi connectivity index (χ4n) is 3.39. The van der Waals surface area contributed by atoms with E-state index >= 15 is 0 Å². The predicted octanol–water partition coefficient (Wildman–Crippen LogP) is 0.0778. The van der Waals surface area contributed by atoms with Gasteiger partial charge in [-0.1, -0.05) is 0 Å². The number of amides is 2. The molecule has 154 valence electrons. The van der Waals surface area contributed by atoms with Crippen molar-refractivity contribution >= 4 is 39.7 Å². The molecule has 0 aliphatic rings. The molecule has 0 atom stereocenters. The smallest absolute Gasteiger partial charge is 0.295 e. The summed E-state index contributed by atoms with van der Waals surface area (Å²) in [5, 5.41) is 3.16. The topological polar surface area (TPSA) is 138 Å². The summed E-state index contributed by atoms with van der Waals surface area (Å²) in [4.78, 5) is 60.7. The van der Waals surface area contributed by atoms with Gasteiger partial charge in [0.2, 0.25) is 5.82 Å². The second kappa shape index (κ2) is 6.72. The van der Waals surface area contributed by atoms with Gasteiger partial charge in [-0.2, -0.15) is 0 Å². The fraction of sp³-hybridized carbons (Fsp3) is 0.211. The van der Waals surface area contributed by atoms with Crippen LogP contribution in [0.2, 0.25) is 0 Å². The van der Waals surface area contributed by atoms with E-state index in [0.717, 1.165) is 0 Å². The summed E-state index contributed by atoms with van der Waals surface area (Å²) < 4.78 is 3.23. The molecule has 0 radical (unpaired) electrons. The Morgan fingerprint density at radius 3 is 2.57 bits per heavy atom. The van der Waals surface area contributed by atoms with Gasteiger partial charge in [0, 0.05) is 40.5 Å². The van der Waals surface area contributed by atoms with Crippen molar-refractivity contribution in [2.24, 2.45) is 14.1 Å². The number of aromatic nitrogens is 5. The minimum Gasteiger partial charge on any atom is -0.354 e. The molecule has 2 amide bonds. The number of nitrogens with one attached hydrogen (secondary N) is 3. The molecule has 0 saturated carbocycles. The standard InChI is InChI=1S/C19H19N7O4/c1-20-18(29)11-8-12(27)10-7-13(25(3)16(10)21-11)26(4)19(30)14-22-15-9(17(28)23-14)5-6-24(15)2/h5-8H,1-4H3,(H,20,29)(H,21,27)(H,22,23,28). The van der Waals surface area contributed by atoms with Gasteiger partial charge >= 0.3 is 0 Å². The third-order valence-electron chi connectivity index (χ3n) is 5.06. The van der Waals surface area contributed by atoms with Crippen LogP contribution in [0.5, 0.6) is 0 Å². The molecule has 11 heteroatoms. The molecule has 0 bridgehead atoms. The monoisotopic (exact) mass is 409 g/mol. The van der Waals surface area contributed by atoms with Crippen LogP contribution in [-0.2, 0) is 14.1 Å². The second-order valence-corrected chi connectivity index (χ2v) is 6.89. The maximum atomic E-state index is 13.0. The van der Waals surface area contributed by atoms with E-state index in [1.165, 1.54) is 25.1 Å². The first-order valence-electron chi connectivity index (χ1n) is 9.01. The number of nitrogens with zero attached hydrogens (tertiary/aromatic N) is 4. The van der Waals surface area contributed by atoms with Gasteiger partial charge < -0.3 is 24.4 Å². The number of rotatable bonds is 3. The molecule has 4 heterocycles. The molecule has 0 aliphatic heterocycles. The summed E-state index contributed by atoms with van der Waals surface area (Å²) in [6.45, 7) is 0. The first kappa shape index (κ1) is 19.2. The highest BCUT2D eigenvalue weighted by Crippen LogP contribution is 2.22. The second-order valence-electron chi connectivity index (χ2n) is 6.89. The Kier molecular flexibility index (Phi) is 4.30. The van der Waals surface area contributed by atoms with Crippen LogP contribution < -0.4 is 21.2 Å². The van der Waals surface area contributed by atoms with Crippen LogP contribution in [0.25, 0.3) is 22.1 Å². The largest absolute Gasteiger partial charge is 0.354 e. The molecule has 0 spiro atoms. The average molecular weight is 409 g/mol. The number of anilines is 1. The minimum absolute atomic E-state index is 0.108. The Hall–Kier alpha value is -4.15. The lowest BCUT2D eigenvalue weighted by atomic mass is 10.2. The first-order valence-corrected chi connectivity index (χ1v) is 9.01. The number of hydrogen-bond acceptors (Lipinski definition) is 5. The van der Waals surface area contributed by atoms with Crippen molar-refractivity contribution in [3.05, 3.63) is 56.5 Å². The molecule has 11 nitrogen and oxygen atoms in total. The molecule has 0 saturated heterocycles. The van der Waals surface area contributed by atoms with E-state index in [1.807, 2.05) is 0 Å². The number of carbonyl (C=O) groups excluding carboxylic acids is 2.